The molecule has 0 bridgehead atoms. The summed E-state index contributed by atoms with van der Waals surface area (Å²) in [5.74, 6) is -2.05. The highest BCUT2D eigenvalue weighted by Crippen LogP contribution is 2.19. The van der Waals surface area contributed by atoms with Gasteiger partial charge in [0, 0.05) is 19.5 Å². The molecule has 1 aromatic heterocycles. The fourth-order valence-electron chi connectivity index (χ4n) is 2.45. The van der Waals surface area contributed by atoms with Crippen molar-refractivity contribution in [3.05, 3.63) is 35.9 Å². The van der Waals surface area contributed by atoms with Crippen LogP contribution in [0.25, 0.3) is 0 Å². The van der Waals surface area contributed by atoms with Gasteiger partial charge in [-0.25, -0.2) is 13.6 Å². The fraction of sp³-hybridized carbons (Fsp3) is 0.353. The summed E-state index contributed by atoms with van der Waals surface area (Å²) >= 11 is 0.593. The second-order valence-corrected chi connectivity index (χ2v) is 9.18. The molecule has 0 radical (unpaired) electrons. The SMILES string of the molecule is NS(=O)(=O)c1nnc(NC(=O)[C@H](Cc2ccccc2)NC(=O)CNCCNCC(=O)O)s1. The highest BCUT2D eigenvalue weighted by Gasteiger charge is 2.23. The summed E-state index contributed by atoms with van der Waals surface area (Å²) in [5.41, 5.74) is 0.793. The number of hydrogen-bond donors (Lipinski definition) is 6. The van der Waals surface area contributed by atoms with E-state index in [-0.39, 0.29) is 24.6 Å². The Hall–Kier alpha value is -2.98. The first-order valence-electron chi connectivity index (χ1n) is 9.29. The number of rotatable bonds is 13. The first kappa shape index (κ1) is 25.3. The molecule has 0 unspecified atom stereocenters. The molecule has 32 heavy (non-hydrogen) atoms. The number of hydrogen-bond acceptors (Lipinski definition) is 10. The molecule has 0 aliphatic carbocycles. The third-order valence-corrected chi connectivity index (χ3v) is 6.00. The number of nitrogens with one attached hydrogen (secondary N) is 4. The number of primary sulfonamides is 1. The third-order valence-electron chi connectivity index (χ3n) is 3.85. The van der Waals surface area contributed by atoms with Gasteiger partial charge in [0.2, 0.25) is 21.3 Å². The number of carbonyl (C=O) groups is 3. The second-order valence-electron chi connectivity index (χ2n) is 6.46. The molecule has 2 amide bonds. The molecule has 15 heteroatoms. The minimum atomic E-state index is -4.05. The van der Waals surface area contributed by atoms with Crippen LogP contribution in [-0.4, -0.2) is 73.7 Å². The van der Waals surface area contributed by atoms with E-state index in [1.807, 2.05) is 6.07 Å². The Morgan fingerprint density at radius 3 is 2.31 bits per heavy atom. The number of aromatic nitrogens is 2. The first-order chi connectivity index (χ1) is 15.1. The molecular formula is C17H23N7O6S2. The molecule has 7 N–H and O–H groups in total. The summed E-state index contributed by atoms with van der Waals surface area (Å²) in [6, 6.07) is 8.02. The van der Waals surface area contributed by atoms with E-state index >= 15 is 0 Å². The Bertz CT molecular complexity index is 1030. The van der Waals surface area contributed by atoms with Crippen LogP contribution in [0.1, 0.15) is 5.56 Å². The Morgan fingerprint density at radius 2 is 1.72 bits per heavy atom. The zero-order chi connectivity index (χ0) is 23.6. The number of nitrogens with two attached hydrogens (primary N) is 1. The molecule has 0 aliphatic heterocycles. The van der Waals surface area contributed by atoms with E-state index in [1.165, 1.54) is 0 Å². The lowest BCUT2D eigenvalue weighted by atomic mass is 10.1. The number of carboxylic acids is 1. The maximum atomic E-state index is 12.7. The van der Waals surface area contributed by atoms with Gasteiger partial charge in [-0.15, -0.1) is 10.2 Å². The number of amides is 2. The molecule has 0 saturated carbocycles. The molecular weight excluding hydrogens is 462 g/mol. The first-order valence-corrected chi connectivity index (χ1v) is 11.6. The minimum Gasteiger partial charge on any atom is -0.480 e. The van der Waals surface area contributed by atoms with Crippen LogP contribution in [0.2, 0.25) is 0 Å². The van der Waals surface area contributed by atoms with Crippen LogP contribution in [0.5, 0.6) is 0 Å². The summed E-state index contributed by atoms with van der Waals surface area (Å²) in [6.07, 6.45) is 0.180. The van der Waals surface area contributed by atoms with E-state index in [0.717, 1.165) is 5.56 Å². The van der Waals surface area contributed by atoms with Crippen LogP contribution in [0, 0.1) is 0 Å². The van der Waals surface area contributed by atoms with Crippen molar-refractivity contribution in [1.82, 2.24) is 26.1 Å². The molecule has 1 atom stereocenters. The van der Waals surface area contributed by atoms with Gasteiger partial charge in [-0.05, 0) is 5.56 Å². The zero-order valence-corrected chi connectivity index (χ0v) is 18.4. The van der Waals surface area contributed by atoms with Crippen molar-refractivity contribution in [2.75, 3.05) is 31.5 Å². The molecule has 13 nitrogen and oxygen atoms in total. The summed E-state index contributed by atoms with van der Waals surface area (Å²) in [6.45, 7) is 0.405. The van der Waals surface area contributed by atoms with Crippen molar-refractivity contribution in [1.29, 1.82) is 0 Å². The van der Waals surface area contributed by atoms with E-state index in [1.54, 1.807) is 24.3 Å². The van der Waals surface area contributed by atoms with E-state index in [0.29, 0.717) is 24.4 Å². The molecule has 2 aromatic rings. The third kappa shape index (κ3) is 9.03. The lowest BCUT2D eigenvalue weighted by Gasteiger charge is -2.18. The minimum absolute atomic E-state index is 0.0750. The van der Waals surface area contributed by atoms with Crippen molar-refractivity contribution in [2.24, 2.45) is 5.14 Å². The van der Waals surface area contributed by atoms with E-state index in [2.05, 4.69) is 31.5 Å². The standard InChI is InChI=1S/C17H23N7O6S2/c18-32(29,30)17-24-23-16(31-17)22-15(28)12(8-11-4-2-1-3-5-11)21-13(25)9-19-6-7-20-10-14(26)27/h1-5,12,19-20H,6-10H2,(H,21,25)(H,26,27)(H2,18,29,30)(H,22,23,28)/t12-/m0/s1. The maximum Gasteiger partial charge on any atom is 0.317 e. The average molecular weight is 486 g/mol. The summed E-state index contributed by atoms with van der Waals surface area (Å²) in [7, 11) is -4.05. The number of sulfonamides is 1. The van der Waals surface area contributed by atoms with Crippen LogP contribution in [0.15, 0.2) is 34.7 Å². The van der Waals surface area contributed by atoms with Crippen LogP contribution < -0.4 is 26.4 Å². The average Bonchev–Trinajstić information content (AvgIpc) is 3.19. The number of anilines is 1. The predicted octanol–water partition coefficient (Wildman–Crippen LogP) is -1.88. The molecule has 174 valence electrons. The van der Waals surface area contributed by atoms with Crippen molar-refractivity contribution in [2.45, 2.75) is 16.8 Å². The zero-order valence-electron chi connectivity index (χ0n) is 16.8. The molecule has 0 saturated heterocycles. The van der Waals surface area contributed by atoms with Gasteiger partial charge in [-0.1, -0.05) is 41.7 Å². The van der Waals surface area contributed by atoms with Crippen LogP contribution in [-0.2, 0) is 30.8 Å². The van der Waals surface area contributed by atoms with Gasteiger partial charge in [0.1, 0.15) is 6.04 Å². The van der Waals surface area contributed by atoms with Crippen LogP contribution in [0.3, 0.4) is 0 Å². The lowest BCUT2D eigenvalue weighted by Crippen LogP contribution is -2.48. The van der Waals surface area contributed by atoms with Crippen LogP contribution in [0.4, 0.5) is 5.13 Å². The maximum absolute atomic E-state index is 12.7. The Kier molecular flexibility index (Phi) is 9.61. The lowest BCUT2D eigenvalue weighted by molar-refractivity contribution is -0.136. The van der Waals surface area contributed by atoms with Gasteiger partial charge in [0.05, 0.1) is 13.1 Å². The number of carbonyl (C=O) groups excluding carboxylic acids is 2. The monoisotopic (exact) mass is 485 g/mol. The number of benzene rings is 1. The Morgan fingerprint density at radius 1 is 1.06 bits per heavy atom. The summed E-state index contributed by atoms with van der Waals surface area (Å²) < 4.78 is 22.2. The van der Waals surface area contributed by atoms with Crippen molar-refractivity contribution < 1.29 is 27.9 Å². The molecule has 0 aliphatic rings. The number of aliphatic carboxylic acids is 1. The van der Waals surface area contributed by atoms with Gasteiger partial charge in [-0.3, -0.25) is 19.7 Å². The van der Waals surface area contributed by atoms with E-state index in [9.17, 15) is 22.8 Å². The molecule has 0 spiro atoms. The van der Waals surface area contributed by atoms with Gasteiger partial charge in [-0.2, -0.15) is 0 Å². The second kappa shape index (κ2) is 12.2. The van der Waals surface area contributed by atoms with E-state index in [4.69, 9.17) is 10.2 Å². The van der Waals surface area contributed by atoms with Gasteiger partial charge in [0.25, 0.3) is 10.0 Å². The number of carboxylic acid groups (broad SMARTS) is 1. The molecule has 1 heterocycles. The van der Waals surface area contributed by atoms with Crippen molar-refractivity contribution in [3.8, 4) is 0 Å². The summed E-state index contributed by atoms with van der Waals surface area (Å²) in [5, 5.41) is 31.0. The predicted molar refractivity (Wildman–Crippen MR) is 115 cm³/mol. The normalized spacial score (nSPS) is 12.2. The quantitative estimate of drug-likeness (QED) is 0.137. The molecule has 2 rings (SSSR count). The van der Waals surface area contributed by atoms with Crippen molar-refractivity contribution >= 4 is 44.3 Å². The highest BCUT2D eigenvalue weighted by atomic mass is 32.2. The number of nitrogens with zero attached hydrogens (tertiary/aromatic N) is 2. The largest absolute Gasteiger partial charge is 0.480 e. The van der Waals surface area contributed by atoms with Gasteiger partial charge in [0.15, 0.2) is 0 Å². The summed E-state index contributed by atoms with van der Waals surface area (Å²) in [4.78, 5) is 35.5. The smallest absolute Gasteiger partial charge is 0.317 e. The van der Waals surface area contributed by atoms with Crippen LogP contribution >= 0.6 is 11.3 Å². The Labute approximate surface area is 187 Å². The van der Waals surface area contributed by atoms with Gasteiger partial charge >= 0.3 is 5.97 Å². The molecule has 0 fully saturated rings. The molecule has 1 aromatic carbocycles. The van der Waals surface area contributed by atoms with Gasteiger partial charge < -0.3 is 21.1 Å². The Balaban J connectivity index is 1.96. The fourth-order valence-corrected chi connectivity index (χ4v) is 3.78. The highest BCUT2D eigenvalue weighted by molar-refractivity contribution is 7.91. The van der Waals surface area contributed by atoms with Crippen molar-refractivity contribution in [3.63, 3.8) is 0 Å². The van der Waals surface area contributed by atoms with E-state index < -0.39 is 38.2 Å². The topological polar surface area (TPSA) is 206 Å².